The molecule has 4 bridgehead atoms. The Morgan fingerprint density at radius 2 is 1.72 bits per heavy atom. The standard InChI is InChI=1S/C21H32O4/c1-10(22)21(23)25-11(2)24-9-13-6-12-7-16(13)20-18-8-17(19(12)20)14-4-3-5-15(14)18/h10-20,22H,3-9H2,1-2H3. The highest BCUT2D eigenvalue weighted by Gasteiger charge is 2.67. The van der Waals surface area contributed by atoms with Crippen LogP contribution in [0.15, 0.2) is 0 Å². The summed E-state index contributed by atoms with van der Waals surface area (Å²) in [6.07, 6.45) is 7.15. The number of aliphatic hydroxyl groups excluding tert-OH is 1. The summed E-state index contributed by atoms with van der Waals surface area (Å²) in [5.74, 6) is 8.08. The zero-order chi connectivity index (χ0) is 17.3. The SMILES string of the molecule is CC(OCC1CC2CC1C1C3CC(C4CCCC43)C21)OC(=O)C(C)O. The molecule has 0 aromatic heterocycles. The summed E-state index contributed by atoms with van der Waals surface area (Å²) < 4.78 is 11.0. The number of fused-ring (bicyclic) bond motifs is 12. The predicted octanol–water partition coefficient (Wildman–Crippen LogP) is 3.23. The Balaban J connectivity index is 1.20. The maximum Gasteiger partial charge on any atom is 0.336 e. The van der Waals surface area contributed by atoms with Crippen LogP contribution in [-0.2, 0) is 14.3 Å². The molecule has 1 N–H and O–H groups in total. The van der Waals surface area contributed by atoms with Crippen LogP contribution < -0.4 is 0 Å². The normalized spacial score (nSPS) is 51.4. The molecule has 0 aliphatic heterocycles. The third-order valence-corrected chi connectivity index (χ3v) is 8.70. The summed E-state index contributed by atoms with van der Waals surface area (Å²) in [4.78, 5) is 11.5. The zero-order valence-corrected chi connectivity index (χ0v) is 15.5. The molecule has 0 amide bonds. The van der Waals surface area contributed by atoms with Gasteiger partial charge in [0.2, 0.25) is 0 Å². The molecular formula is C21H32O4. The summed E-state index contributed by atoms with van der Waals surface area (Å²) in [6, 6.07) is 0. The molecule has 5 fully saturated rings. The van der Waals surface area contributed by atoms with Crippen molar-refractivity contribution in [1.29, 1.82) is 0 Å². The number of esters is 1. The fourth-order valence-electron chi connectivity index (χ4n) is 8.20. The second kappa shape index (κ2) is 5.95. The Hall–Kier alpha value is -0.610. The second-order valence-electron chi connectivity index (χ2n) is 9.65. The average Bonchev–Trinajstić information content (AvgIpc) is 3.33. The molecule has 5 saturated carbocycles. The molecular weight excluding hydrogens is 316 g/mol. The number of aliphatic hydroxyl groups is 1. The summed E-state index contributed by atoms with van der Waals surface area (Å²) >= 11 is 0. The number of carbonyl (C=O) groups is 1. The Labute approximate surface area is 150 Å². The van der Waals surface area contributed by atoms with Crippen LogP contribution in [0.25, 0.3) is 0 Å². The van der Waals surface area contributed by atoms with E-state index in [0.29, 0.717) is 12.5 Å². The molecule has 11 unspecified atom stereocenters. The van der Waals surface area contributed by atoms with Gasteiger partial charge in [0, 0.05) is 0 Å². The van der Waals surface area contributed by atoms with Gasteiger partial charge in [0.25, 0.3) is 0 Å². The lowest BCUT2D eigenvalue weighted by Gasteiger charge is -2.43. The number of hydrogen-bond donors (Lipinski definition) is 1. The molecule has 0 saturated heterocycles. The van der Waals surface area contributed by atoms with Crippen LogP contribution in [-0.4, -0.2) is 30.1 Å². The highest BCUT2D eigenvalue weighted by Crippen LogP contribution is 2.73. The lowest BCUT2D eigenvalue weighted by atomic mass is 9.62. The molecule has 4 heteroatoms. The average molecular weight is 348 g/mol. The summed E-state index contributed by atoms with van der Waals surface area (Å²) in [6.45, 7) is 3.90. The van der Waals surface area contributed by atoms with Crippen molar-refractivity contribution in [3.8, 4) is 0 Å². The van der Waals surface area contributed by atoms with Gasteiger partial charge in [-0.3, -0.25) is 0 Å². The molecule has 0 aromatic carbocycles. The van der Waals surface area contributed by atoms with Crippen molar-refractivity contribution in [1.82, 2.24) is 0 Å². The van der Waals surface area contributed by atoms with Crippen LogP contribution >= 0.6 is 0 Å². The van der Waals surface area contributed by atoms with Crippen molar-refractivity contribution >= 4 is 5.97 Å². The number of ether oxygens (including phenoxy) is 2. The van der Waals surface area contributed by atoms with Crippen molar-refractivity contribution < 1.29 is 19.4 Å². The molecule has 0 spiro atoms. The van der Waals surface area contributed by atoms with Crippen molar-refractivity contribution in [2.24, 2.45) is 53.3 Å². The van der Waals surface area contributed by atoms with Crippen LogP contribution in [0.1, 0.15) is 52.4 Å². The summed E-state index contributed by atoms with van der Waals surface area (Å²) in [7, 11) is 0. The Morgan fingerprint density at radius 3 is 2.44 bits per heavy atom. The third kappa shape index (κ3) is 2.43. The fraction of sp³-hybridized carbons (Fsp3) is 0.952. The van der Waals surface area contributed by atoms with E-state index in [0.717, 1.165) is 47.3 Å². The van der Waals surface area contributed by atoms with Crippen molar-refractivity contribution in [3.63, 3.8) is 0 Å². The topological polar surface area (TPSA) is 55.8 Å². The number of hydrogen-bond acceptors (Lipinski definition) is 4. The van der Waals surface area contributed by atoms with Crippen molar-refractivity contribution in [2.45, 2.75) is 64.8 Å². The van der Waals surface area contributed by atoms with E-state index in [1.807, 2.05) is 0 Å². The Kier molecular flexibility index (Phi) is 3.94. The Bertz CT molecular complexity index is 546. The molecule has 5 aliphatic rings. The molecule has 5 aliphatic carbocycles. The van der Waals surface area contributed by atoms with E-state index in [1.165, 1.54) is 45.4 Å². The first kappa shape index (κ1) is 16.6. The minimum Gasteiger partial charge on any atom is -0.434 e. The first-order valence-electron chi connectivity index (χ1n) is 10.5. The lowest BCUT2D eigenvalue weighted by Crippen LogP contribution is -2.40. The van der Waals surface area contributed by atoms with Crippen molar-refractivity contribution in [3.05, 3.63) is 0 Å². The quantitative estimate of drug-likeness (QED) is 0.471. The Morgan fingerprint density at radius 1 is 1.00 bits per heavy atom. The highest BCUT2D eigenvalue weighted by atomic mass is 16.7. The summed E-state index contributed by atoms with van der Waals surface area (Å²) in [5.41, 5.74) is 0. The molecule has 0 radical (unpaired) electrons. The minimum atomic E-state index is -1.08. The van der Waals surface area contributed by atoms with Crippen LogP contribution in [0, 0.1) is 53.3 Å². The predicted molar refractivity (Wildman–Crippen MR) is 92.3 cm³/mol. The van der Waals surface area contributed by atoms with E-state index in [1.54, 1.807) is 6.92 Å². The molecule has 140 valence electrons. The van der Waals surface area contributed by atoms with Gasteiger partial charge >= 0.3 is 5.97 Å². The van der Waals surface area contributed by atoms with Crippen LogP contribution in [0.5, 0.6) is 0 Å². The van der Waals surface area contributed by atoms with Gasteiger partial charge in [0.05, 0.1) is 6.61 Å². The van der Waals surface area contributed by atoms with E-state index < -0.39 is 18.4 Å². The monoisotopic (exact) mass is 348 g/mol. The van der Waals surface area contributed by atoms with Gasteiger partial charge in [0.1, 0.15) is 6.10 Å². The second-order valence-corrected chi connectivity index (χ2v) is 9.65. The van der Waals surface area contributed by atoms with E-state index >= 15 is 0 Å². The van der Waals surface area contributed by atoms with Gasteiger partial charge < -0.3 is 14.6 Å². The fourth-order valence-corrected chi connectivity index (χ4v) is 8.20. The van der Waals surface area contributed by atoms with E-state index in [4.69, 9.17) is 9.47 Å². The van der Waals surface area contributed by atoms with Crippen LogP contribution in [0.3, 0.4) is 0 Å². The molecule has 0 aromatic rings. The largest absolute Gasteiger partial charge is 0.434 e. The first-order chi connectivity index (χ1) is 12.0. The maximum atomic E-state index is 11.5. The third-order valence-electron chi connectivity index (χ3n) is 8.70. The van der Waals surface area contributed by atoms with E-state index in [-0.39, 0.29) is 0 Å². The first-order valence-corrected chi connectivity index (χ1v) is 10.5. The molecule has 5 rings (SSSR count). The van der Waals surface area contributed by atoms with E-state index in [9.17, 15) is 9.90 Å². The summed E-state index contributed by atoms with van der Waals surface area (Å²) in [5, 5.41) is 9.24. The van der Waals surface area contributed by atoms with E-state index in [2.05, 4.69) is 0 Å². The van der Waals surface area contributed by atoms with Gasteiger partial charge in [-0.1, -0.05) is 6.42 Å². The number of rotatable bonds is 5. The highest BCUT2D eigenvalue weighted by molar-refractivity contribution is 5.73. The van der Waals surface area contributed by atoms with Crippen molar-refractivity contribution in [2.75, 3.05) is 6.61 Å². The van der Waals surface area contributed by atoms with Gasteiger partial charge in [-0.25, -0.2) is 4.79 Å². The lowest BCUT2D eigenvalue weighted by molar-refractivity contribution is -0.186. The molecule has 4 nitrogen and oxygen atoms in total. The smallest absolute Gasteiger partial charge is 0.336 e. The van der Waals surface area contributed by atoms with Crippen LogP contribution in [0.2, 0.25) is 0 Å². The molecule has 25 heavy (non-hydrogen) atoms. The van der Waals surface area contributed by atoms with Gasteiger partial charge in [-0.15, -0.1) is 0 Å². The number of carbonyl (C=O) groups excluding carboxylic acids is 1. The minimum absolute atomic E-state index is 0.559. The molecule has 0 heterocycles. The van der Waals surface area contributed by atoms with Gasteiger partial charge in [-0.05, 0) is 99.2 Å². The van der Waals surface area contributed by atoms with Gasteiger partial charge in [-0.2, -0.15) is 0 Å². The molecule has 11 atom stereocenters. The van der Waals surface area contributed by atoms with Gasteiger partial charge in [0.15, 0.2) is 6.29 Å². The maximum absolute atomic E-state index is 11.5. The van der Waals surface area contributed by atoms with Crippen LogP contribution in [0.4, 0.5) is 0 Å². The zero-order valence-electron chi connectivity index (χ0n) is 15.5.